The van der Waals surface area contributed by atoms with Gasteiger partial charge in [0.25, 0.3) is 0 Å². The van der Waals surface area contributed by atoms with Gasteiger partial charge in [0.2, 0.25) is 0 Å². The van der Waals surface area contributed by atoms with E-state index in [2.05, 4.69) is 137 Å². The number of hydrogen-bond donors (Lipinski definition) is 0. The van der Waals surface area contributed by atoms with Gasteiger partial charge in [-0.2, -0.15) is 0 Å². The highest BCUT2D eigenvalue weighted by atomic mass is 32.1. The molecule has 0 saturated heterocycles. The van der Waals surface area contributed by atoms with E-state index >= 15 is 0 Å². The molecule has 0 aliphatic rings. The Labute approximate surface area is 226 Å². The van der Waals surface area contributed by atoms with Gasteiger partial charge in [0.1, 0.15) is 0 Å². The second-order valence-electron chi connectivity index (χ2n) is 9.32. The molecule has 7 aromatic rings. The minimum Gasteiger partial charge on any atom is -0.310 e. The zero-order chi connectivity index (χ0) is 25.3. The summed E-state index contributed by atoms with van der Waals surface area (Å²) in [5.41, 5.74) is 8.08. The van der Waals surface area contributed by atoms with E-state index in [1.165, 1.54) is 31.3 Å². The molecule has 0 fully saturated rings. The zero-order valence-corrected chi connectivity index (χ0v) is 21.5. The van der Waals surface area contributed by atoms with Crippen LogP contribution in [-0.4, -0.2) is 4.98 Å². The summed E-state index contributed by atoms with van der Waals surface area (Å²) in [5.74, 6) is 0. The molecule has 5 aromatic carbocycles. The Balaban J connectivity index is 1.35. The van der Waals surface area contributed by atoms with E-state index in [1.54, 1.807) is 0 Å². The number of hydrogen-bond acceptors (Lipinski definition) is 3. The Bertz CT molecular complexity index is 1760. The summed E-state index contributed by atoms with van der Waals surface area (Å²) in [6.45, 7) is 0. The Kier molecular flexibility index (Phi) is 5.69. The van der Waals surface area contributed by atoms with E-state index in [0.717, 1.165) is 28.2 Å². The first kappa shape index (κ1) is 22.5. The lowest BCUT2D eigenvalue weighted by Gasteiger charge is -2.26. The predicted octanol–water partition coefficient (Wildman–Crippen LogP) is 10.3. The summed E-state index contributed by atoms with van der Waals surface area (Å²) in [7, 11) is 0. The van der Waals surface area contributed by atoms with Crippen LogP contribution >= 0.6 is 11.3 Å². The zero-order valence-electron chi connectivity index (χ0n) is 20.7. The van der Waals surface area contributed by atoms with Gasteiger partial charge in [0, 0.05) is 49.6 Å². The van der Waals surface area contributed by atoms with Crippen molar-refractivity contribution < 1.29 is 0 Å². The van der Waals surface area contributed by atoms with Gasteiger partial charge in [-0.3, -0.25) is 4.98 Å². The van der Waals surface area contributed by atoms with Crippen LogP contribution in [0, 0.1) is 0 Å². The topological polar surface area (TPSA) is 16.1 Å². The first-order chi connectivity index (χ1) is 18.8. The van der Waals surface area contributed by atoms with Crippen molar-refractivity contribution in [1.29, 1.82) is 0 Å². The number of benzene rings is 5. The molecule has 180 valence electrons. The molecule has 7 rings (SSSR count). The van der Waals surface area contributed by atoms with Crippen LogP contribution in [-0.2, 0) is 0 Å². The fourth-order valence-electron chi connectivity index (χ4n) is 5.07. The molecule has 0 aliphatic heterocycles. The molecular formula is C35H24N2S. The minimum absolute atomic E-state index is 1.11. The number of nitrogens with zero attached hydrogens (tertiary/aromatic N) is 2. The molecular weight excluding hydrogens is 480 g/mol. The molecule has 2 heterocycles. The number of fused-ring (bicyclic) bond motifs is 3. The third kappa shape index (κ3) is 4.13. The minimum atomic E-state index is 1.11. The lowest BCUT2D eigenvalue weighted by atomic mass is 10.0. The van der Waals surface area contributed by atoms with Crippen LogP contribution in [0.4, 0.5) is 17.1 Å². The SMILES string of the molecule is c1ccc(-c2ccc(N(c3ccc(-c4cccnc4)cc3)c3ccc4sc5ccccc5c4c3)cc2)cc1. The van der Waals surface area contributed by atoms with Crippen molar-refractivity contribution in [2.45, 2.75) is 0 Å². The summed E-state index contributed by atoms with van der Waals surface area (Å²) in [6, 6.07) is 47.7. The van der Waals surface area contributed by atoms with Crippen molar-refractivity contribution in [1.82, 2.24) is 4.98 Å². The van der Waals surface area contributed by atoms with Gasteiger partial charge in [0.05, 0.1) is 0 Å². The maximum Gasteiger partial charge on any atom is 0.0468 e. The molecule has 0 unspecified atom stereocenters. The van der Waals surface area contributed by atoms with Gasteiger partial charge in [-0.1, -0.05) is 78.9 Å². The highest BCUT2D eigenvalue weighted by molar-refractivity contribution is 7.25. The van der Waals surface area contributed by atoms with Gasteiger partial charge in [-0.15, -0.1) is 11.3 Å². The molecule has 0 saturated carbocycles. The van der Waals surface area contributed by atoms with E-state index in [-0.39, 0.29) is 0 Å². The Morgan fingerprint density at radius 1 is 0.447 bits per heavy atom. The molecule has 2 aromatic heterocycles. The van der Waals surface area contributed by atoms with Crippen LogP contribution in [0.25, 0.3) is 42.4 Å². The highest BCUT2D eigenvalue weighted by Gasteiger charge is 2.15. The monoisotopic (exact) mass is 504 g/mol. The van der Waals surface area contributed by atoms with Gasteiger partial charge in [-0.25, -0.2) is 0 Å². The van der Waals surface area contributed by atoms with Gasteiger partial charge < -0.3 is 4.90 Å². The van der Waals surface area contributed by atoms with Crippen molar-refractivity contribution >= 4 is 48.6 Å². The Hall–Kier alpha value is -4.73. The summed E-state index contributed by atoms with van der Waals surface area (Å²) in [6.07, 6.45) is 3.72. The van der Waals surface area contributed by atoms with Crippen molar-refractivity contribution in [2.75, 3.05) is 4.90 Å². The predicted molar refractivity (Wildman–Crippen MR) is 163 cm³/mol. The van der Waals surface area contributed by atoms with Crippen molar-refractivity contribution in [2.24, 2.45) is 0 Å². The molecule has 0 bridgehead atoms. The third-order valence-corrected chi connectivity index (χ3v) is 8.12. The standard InChI is InChI=1S/C35H24N2S/c1-2-7-25(8-3-1)26-12-16-29(17-13-26)37(30-18-14-27(15-19-30)28-9-6-22-36-24-28)31-20-21-35-33(23-31)32-10-4-5-11-34(32)38-35/h1-24H. The molecule has 0 atom stereocenters. The first-order valence-corrected chi connectivity index (χ1v) is 13.5. The highest BCUT2D eigenvalue weighted by Crippen LogP contribution is 2.41. The summed E-state index contributed by atoms with van der Waals surface area (Å²) in [5, 5.41) is 2.60. The summed E-state index contributed by atoms with van der Waals surface area (Å²) in [4.78, 5) is 6.63. The second kappa shape index (κ2) is 9.62. The van der Waals surface area contributed by atoms with Gasteiger partial charge >= 0.3 is 0 Å². The third-order valence-electron chi connectivity index (χ3n) is 6.97. The summed E-state index contributed by atoms with van der Waals surface area (Å²) < 4.78 is 2.63. The molecule has 0 aliphatic carbocycles. The average Bonchev–Trinajstić information content (AvgIpc) is 3.37. The van der Waals surface area contributed by atoms with Crippen LogP contribution < -0.4 is 4.90 Å². The normalized spacial score (nSPS) is 11.2. The number of anilines is 3. The summed E-state index contributed by atoms with van der Waals surface area (Å²) >= 11 is 1.85. The smallest absolute Gasteiger partial charge is 0.0468 e. The molecule has 2 nitrogen and oxygen atoms in total. The molecule has 0 spiro atoms. The average molecular weight is 505 g/mol. The lowest BCUT2D eigenvalue weighted by Crippen LogP contribution is -2.09. The van der Waals surface area contributed by atoms with Crippen LogP contribution in [0.3, 0.4) is 0 Å². The fraction of sp³-hybridized carbons (Fsp3) is 0. The van der Waals surface area contributed by atoms with E-state index in [1.807, 2.05) is 29.8 Å². The van der Waals surface area contributed by atoms with Crippen molar-refractivity contribution in [3.8, 4) is 22.3 Å². The van der Waals surface area contributed by atoms with E-state index in [0.29, 0.717) is 0 Å². The van der Waals surface area contributed by atoms with Crippen LogP contribution in [0.1, 0.15) is 0 Å². The number of rotatable bonds is 5. The maximum atomic E-state index is 4.29. The number of aromatic nitrogens is 1. The van der Waals surface area contributed by atoms with Crippen molar-refractivity contribution in [3.05, 3.63) is 146 Å². The quantitative estimate of drug-likeness (QED) is 0.232. The fourth-order valence-corrected chi connectivity index (χ4v) is 6.16. The lowest BCUT2D eigenvalue weighted by molar-refractivity contribution is 1.29. The second-order valence-corrected chi connectivity index (χ2v) is 10.4. The Morgan fingerprint density at radius 3 is 1.74 bits per heavy atom. The van der Waals surface area contributed by atoms with Crippen molar-refractivity contribution in [3.63, 3.8) is 0 Å². The molecule has 3 heteroatoms. The Morgan fingerprint density at radius 2 is 1.03 bits per heavy atom. The first-order valence-electron chi connectivity index (χ1n) is 12.7. The number of pyridine rings is 1. The van der Waals surface area contributed by atoms with Crippen LogP contribution in [0.5, 0.6) is 0 Å². The van der Waals surface area contributed by atoms with E-state index in [4.69, 9.17) is 0 Å². The molecule has 0 N–H and O–H groups in total. The van der Waals surface area contributed by atoms with Crippen LogP contribution in [0.2, 0.25) is 0 Å². The largest absolute Gasteiger partial charge is 0.310 e. The van der Waals surface area contributed by atoms with E-state index < -0.39 is 0 Å². The van der Waals surface area contributed by atoms with Crippen LogP contribution in [0.15, 0.2) is 146 Å². The molecule has 38 heavy (non-hydrogen) atoms. The van der Waals surface area contributed by atoms with Gasteiger partial charge in [0.15, 0.2) is 0 Å². The van der Waals surface area contributed by atoms with Gasteiger partial charge in [-0.05, 0) is 76.9 Å². The number of thiophene rings is 1. The molecule has 0 amide bonds. The molecule has 0 radical (unpaired) electrons. The maximum absolute atomic E-state index is 4.29. The van der Waals surface area contributed by atoms with E-state index in [9.17, 15) is 0 Å².